The summed E-state index contributed by atoms with van der Waals surface area (Å²) < 4.78 is 5.55. The molecule has 0 bridgehead atoms. The molecule has 0 aliphatic carbocycles. The Morgan fingerprint density at radius 1 is 1.33 bits per heavy atom. The number of rotatable bonds is 7. The van der Waals surface area contributed by atoms with Gasteiger partial charge < -0.3 is 15.0 Å². The topological polar surface area (TPSA) is 41.6 Å². The second-order valence-corrected chi connectivity index (χ2v) is 4.54. The van der Waals surface area contributed by atoms with Gasteiger partial charge in [0.1, 0.15) is 12.4 Å². The fourth-order valence-corrected chi connectivity index (χ4v) is 1.46. The molecule has 0 radical (unpaired) electrons. The van der Waals surface area contributed by atoms with Crippen LogP contribution >= 0.6 is 11.6 Å². The lowest BCUT2D eigenvalue weighted by atomic mass is 10.3. The summed E-state index contributed by atoms with van der Waals surface area (Å²) in [5.74, 6) is 1.05. The molecule has 0 spiro atoms. The molecule has 1 rings (SSSR count). The second kappa shape index (κ2) is 7.95. The van der Waals surface area contributed by atoms with Crippen LogP contribution in [0, 0.1) is 0 Å². The van der Waals surface area contributed by atoms with Crippen molar-refractivity contribution in [3.63, 3.8) is 0 Å². The van der Waals surface area contributed by atoms with Crippen LogP contribution in [0.5, 0.6) is 5.75 Å². The Labute approximate surface area is 113 Å². The van der Waals surface area contributed by atoms with Gasteiger partial charge in [0.25, 0.3) is 0 Å². The molecular formula is C13H19ClN2O2. The minimum Gasteiger partial charge on any atom is -0.492 e. The minimum atomic E-state index is -0.0775. The number of benzene rings is 1. The van der Waals surface area contributed by atoms with E-state index in [1.165, 1.54) is 0 Å². The third kappa shape index (κ3) is 5.89. The largest absolute Gasteiger partial charge is 0.492 e. The van der Waals surface area contributed by atoms with E-state index in [9.17, 15) is 4.79 Å². The zero-order valence-corrected chi connectivity index (χ0v) is 11.5. The number of carbonyl (C=O) groups is 1. The molecule has 0 heterocycles. The minimum absolute atomic E-state index is 0.0775. The second-order valence-electron chi connectivity index (χ2n) is 4.16. The number of carbonyl (C=O) groups excluding carboxylic acids is 1. The van der Waals surface area contributed by atoms with Gasteiger partial charge in [0.05, 0.1) is 0 Å². The van der Waals surface area contributed by atoms with E-state index in [0.717, 1.165) is 18.0 Å². The first kappa shape index (κ1) is 14.8. The first-order valence-electron chi connectivity index (χ1n) is 5.85. The van der Waals surface area contributed by atoms with Crippen molar-refractivity contribution in [3.05, 3.63) is 24.3 Å². The Morgan fingerprint density at radius 3 is 2.56 bits per heavy atom. The van der Waals surface area contributed by atoms with Gasteiger partial charge in [-0.2, -0.15) is 0 Å². The molecule has 1 N–H and O–H groups in total. The van der Waals surface area contributed by atoms with Crippen molar-refractivity contribution in [2.45, 2.75) is 6.42 Å². The number of halogens is 1. The first-order valence-corrected chi connectivity index (χ1v) is 6.38. The van der Waals surface area contributed by atoms with Crippen LogP contribution < -0.4 is 10.1 Å². The van der Waals surface area contributed by atoms with E-state index < -0.39 is 0 Å². The molecule has 0 saturated heterocycles. The Morgan fingerprint density at radius 2 is 2.00 bits per heavy atom. The number of hydrogen-bond acceptors (Lipinski definition) is 3. The molecular weight excluding hydrogens is 252 g/mol. The molecule has 1 aromatic rings. The molecule has 100 valence electrons. The van der Waals surface area contributed by atoms with Crippen LogP contribution in [0.1, 0.15) is 6.42 Å². The molecule has 0 aliphatic heterocycles. The normalized spacial score (nSPS) is 10.4. The molecule has 5 heteroatoms. The van der Waals surface area contributed by atoms with Crippen molar-refractivity contribution in [3.8, 4) is 5.75 Å². The van der Waals surface area contributed by atoms with Crippen molar-refractivity contribution < 1.29 is 9.53 Å². The van der Waals surface area contributed by atoms with Crippen molar-refractivity contribution in [1.29, 1.82) is 0 Å². The zero-order chi connectivity index (χ0) is 13.4. The Balaban J connectivity index is 2.40. The number of ether oxygens (including phenoxy) is 1. The number of amides is 1. The SMILES string of the molecule is CN(C)CCOc1ccc(NC(=O)CCCl)cc1. The van der Waals surface area contributed by atoms with Gasteiger partial charge in [0, 0.05) is 24.5 Å². The summed E-state index contributed by atoms with van der Waals surface area (Å²) in [6, 6.07) is 7.31. The number of nitrogens with one attached hydrogen (secondary N) is 1. The molecule has 1 amide bonds. The maximum atomic E-state index is 11.3. The molecule has 0 aromatic heterocycles. The third-order valence-electron chi connectivity index (χ3n) is 2.27. The fraction of sp³-hybridized carbons (Fsp3) is 0.462. The van der Waals surface area contributed by atoms with Crippen molar-refractivity contribution in [1.82, 2.24) is 4.90 Å². The number of likely N-dealkylation sites (N-methyl/N-ethyl adjacent to an activating group) is 1. The maximum Gasteiger partial charge on any atom is 0.225 e. The van der Waals surface area contributed by atoms with E-state index in [2.05, 4.69) is 10.2 Å². The van der Waals surface area contributed by atoms with Crippen molar-refractivity contribution in [2.24, 2.45) is 0 Å². The quantitative estimate of drug-likeness (QED) is 0.773. The predicted octanol–water partition coefficient (Wildman–Crippen LogP) is 2.19. The van der Waals surface area contributed by atoms with E-state index in [1.807, 2.05) is 38.4 Å². The summed E-state index contributed by atoms with van der Waals surface area (Å²) in [5, 5.41) is 2.76. The summed E-state index contributed by atoms with van der Waals surface area (Å²) in [4.78, 5) is 13.4. The average molecular weight is 271 g/mol. The van der Waals surface area contributed by atoms with Gasteiger partial charge in [0.2, 0.25) is 5.91 Å². The van der Waals surface area contributed by atoms with Crippen LogP contribution in [0.15, 0.2) is 24.3 Å². The van der Waals surface area contributed by atoms with Gasteiger partial charge in [-0.05, 0) is 38.4 Å². The average Bonchev–Trinajstić information content (AvgIpc) is 2.31. The number of hydrogen-bond donors (Lipinski definition) is 1. The van der Waals surface area contributed by atoms with Gasteiger partial charge in [-0.25, -0.2) is 0 Å². The standard InChI is InChI=1S/C13H19ClN2O2/c1-16(2)9-10-18-12-5-3-11(4-6-12)15-13(17)7-8-14/h3-6H,7-10H2,1-2H3,(H,15,17). The van der Waals surface area contributed by atoms with Gasteiger partial charge in [0.15, 0.2) is 0 Å². The van der Waals surface area contributed by atoms with Gasteiger partial charge in [-0.1, -0.05) is 0 Å². The highest BCUT2D eigenvalue weighted by molar-refractivity contribution is 6.19. The van der Waals surface area contributed by atoms with E-state index in [4.69, 9.17) is 16.3 Å². The summed E-state index contributed by atoms with van der Waals surface area (Å²) >= 11 is 5.49. The highest BCUT2D eigenvalue weighted by Gasteiger charge is 2.01. The molecule has 4 nitrogen and oxygen atoms in total. The van der Waals surface area contributed by atoms with Gasteiger partial charge in [-0.3, -0.25) is 4.79 Å². The Kier molecular flexibility index (Phi) is 6.54. The molecule has 0 fully saturated rings. The zero-order valence-electron chi connectivity index (χ0n) is 10.8. The lowest BCUT2D eigenvalue weighted by Crippen LogP contribution is -2.19. The van der Waals surface area contributed by atoms with Crippen molar-refractivity contribution in [2.75, 3.05) is 38.4 Å². The molecule has 0 unspecified atom stereocenters. The van der Waals surface area contributed by atoms with Crippen LogP contribution in [0.3, 0.4) is 0 Å². The first-order chi connectivity index (χ1) is 8.61. The molecule has 1 aromatic carbocycles. The Hall–Kier alpha value is -1.26. The summed E-state index contributed by atoms with van der Waals surface area (Å²) in [7, 11) is 4.00. The van der Waals surface area contributed by atoms with Crippen molar-refractivity contribution >= 4 is 23.2 Å². The van der Waals surface area contributed by atoms with Crippen LogP contribution in [0.4, 0.5) is 5.69 Å². The summed E-state index contributed by atoms with van der Waals surface area (Å²) in [6.45, 7) is 1.51. The smallest absolute Gasteiger partial charge is 0.225 e. The van der Waals surface area contributed by atoms with E-state index in [0.29, 0.717) is 18.9 Å². The number of nitrogens with zero attached hydrogens (tertiary/aromatic N) is 1. The summed E-state index contributed by atoms with van der Waals surface area (Å²) in [5.41, 5.74) is 0.755. The molecule has 0 atom stereocenters. The fourth-order valence-electron chi connectivity index (χ4n) is 1.29. The number of alkyl halides is 1. The monoisotopic (exact) mass is 270 g/mol. The van der Waals surface area contributed by atoms with Crippen LogP contribution in [0.2, 0.25) is 0 Å². The number of anilines is 1. The van der Waals surface area contributed by atoms with Crippen LogP contribution in [0.25, 0.3) is 0 Å². The van der Waals surface area contributed by atoms with E-state index in [-0.39, 0.29) is 5.91 Å². The molecule has 0 saturated carbocycles. The Bertz CT molecular complexity index is 366. The molecule has 18 heavy (non-hydrogen) atoms. The molecule has 0 aliphatic rings. The lowest BCUT2D eigenvalue weighted by molar-refractivity contribution is -0.115. The van der Waals surface area contributed by atoms with Gasteiger partial charge >= 0.3 is 0 Å². The van der Waals surface area contributed by atoms with Crippen LogP contribution in [-0.4, -0.2) is 43.9 Å². The highest BCUT2D eigenvalue weighted by Crippen LogP contribution is 2.15. The summed E-state index contributed by atoms with van der Waals surface area (Å²) in [6.07, 6.45) is 0.322. The van der Waals surface area contributed by atoms with Crippen LogP contribution in [-0.2, 0) is 4.79 Å². The van der Waals surface area contributed by atoms with Gasteiger partial charge in [-0.15, -0.1) is 11.6 Å². The van der Waals surface area contributed by atoms with E-state index >= 15 is 0 Å². The predicted molar refractivity (Wildman–Crippen MR) is 74.5 cm³/mol. The van der Waals surface area contributed by atoms with E-state index in [1.54, 1.807) is 0 Å². The lowest BCUT2D eigenvalue weighted by Gasteiger charge is -2.11. The highest BCUT2D eigenvalue weighted by atomic mass is 35.5. The maximum absolute atomic E-state index is 11.3. The third-order valence-corrected chi connectivity index (χ3v) is 2.46.